The monoisotopic (exact) mass is 468 g/mol. The zero-order chi connectivity index (χ0) is 24.3. The van der Waals surface area contributed by atoms with E-state index in [1.165, 1.54) is 18.6 Å². The molecule has 2 aromatic carbocycles. The Kier molecular flexibility index (Phi) is 6.17. The molecule has 0 unspecified atom stereocenters. The van der Waals surface area contributed by atoms with Gasteiger partial charge in [0.15, 0.2) is 5.82 Å². The van der Waals surface area contributed by atoms with E-state index in [0.717, 1.165) is 11.6 Å². The van der Waals surface area contributed by atoms with E-state index >= 15 is 0 Å². The average molecular weight is 468 g/mol. The Bertz CT molecular complexity index is 1280. The topological polar surface area (TPSA) is 83.9 Å². The maximum absolute atomic E-state index is 13.7. The molecule has 2 heterocycles. The molecule has 0 saturated carbocycles. The van der Waals surface area contributed by atoms with Crippen LogP contribution in [0.15, 0.2) is 73.4 Å². The van der Waals surface area contributed by atoms with Gasteiger partial charge in [-0.15, -0.1) is 0 Å². The van der Waals surface area contributed by atoms with Gasteiger partial charge in [0.1, 0.15) is 5.82 Å². The van der Waals surface area contributed by atoms with Gasteiger partial charge in [0, 0.05) is 36.0 Å². The van der Waals surface area contributed by atoms with Crippen molar-refractivity contribution in [2.75, 3.05) is 10.2 Å². The standard InChI is InChI=1S/C23H16F4N6O/c1-14-3-4-18(32-21(34)15-9-16(23(25,26)27)11-17(24)10-15)12-19(14)33(20-13-28-7-8-29-20)22-30-5-2-6-31-22/h2-13H,1H3,(H,32,34). The minimum atomic E-state index is -4.79. The molecule has 172 valence electrons. The summed E-state index contributed by atoms with van der Waals surface area (Å²) in [5.41, 5.74) is -0.155. The number of alkyl halides is 3. The van der Waals surface area contributed by atoms with Crippen molar-refractivity contribution in [2.45, 2.75) is 13.1 Å². The van der Waals surface area contributed by atoms with Gasteiger partial charge >= 0.3 is 6.18 Å². The molecule has 0 atom stereocenters. The van der Waals surface area contributed by atoms with E-state index < -0.39 is 29.0 Å². The number of aryl methyl sites for hydroxylation is 1. The van der Waals surface area contributed by atoms with Crippen LogP contribution in [-0.4, -0.2) is 25.8 Å². The van der Waals surface area contributed by atoms with Crippen LogP contribution >= 0.6 is 0 Å². The molecule has 1 N–H and O–H groups in total. The summed E-state index contributed by atoms with van der Waals surface area (Å²) in [6.45, 7) is 1.81. The van der Waals surface area contributed by atoms with Gasteiger partial charge in [-0.05, 0) is 48.9 Å². The van der Waals surface area contributed by atoms with Gasteiger partial charge in [-0.1, -0.05) is 6.07 Å². The number of halogens is 4. The maximum atomic E-state index is 13.7. The highest BCUT2D eigenvalue weighted by molar-refractivity contribution is 6.04. The van der Waals surface area contributed by atoms with Gasteiger partial charge in [-0.25, -0.2) is 19.3 Å². The van der Waals surface area contributed by atoms with Crippen molar-refractivity contribution in [2.24, 2.45) is 0 Å². The normalized spacial score (nSPS) is 11.2. The lowest BCUT2D eigenvalue weighted by Crippen LogP contribution is -2.17. The fourth-order valence-corrected chi connectivity index (χ4v) is 3.16. The number of carbonyl (C=O) groups excluding carboxylic acids is 1. The molecule has 4 rings (SSSR count). The van der Waals surface area contributed by atoms with Crippen molar-refractivity contribution in [1.82, 2.24) is 19.9 Å². The highest BCUT2D eigenvalue weighted by atomic mass is 19.4. The number of aromatic nitrogens is 4. The predicted octanol–water partition coefficient (Wildman–Crippen LogP) is 5.46. The molecule has 0 spiro atoms. The lowest BCUT2D eigenvalue weighted by atomic mass is 10.1. The summed E-state index contributed by atoms with van der Waals surface area (Å²) in [7, 11) is 0. The molecule has 4 aromatic rings. The minimum Gasteiger partial charge on any atom is -0.322 e. The fraction of sp³-hybridized carbons (Fsp3) is 0.0870. The first-order valence-corrected chi connectivity index (χ1v) is 9.85. The van der Waals surface area contributed by atoms with Crippen LogP contribution in [-0.2, 0) is 6.18 Å². The second-order valence-corrected chi connectivity index (χ2v) is 7.13. The number of anilines is 4. The molecule has 0 saturated heterocycles. The molecule has 2 aromatic heterocycles. The third-order valence-corrected chi connectivity index (χ3v) is 4.73. The molecular weight excluding hydrogens is 452 g/mol. The van der Waals surface area contributed by atoms with Crippen molar-refractivity contribution in [3.05, 3.63) is 96.0 Å². The number of carbonyl (C=O) groups is 1. The second kappa shape index (κ2) is 9.22. The number of hydrogen-bond donors (Lipinski definition) is 1. The molecular formula is C23H16F4N6O. The number of nitrogens with zero attached hydrogens (tertiary/aromatic N) is 5. The summed E-state index contributed by atoms with van der Waals surface area (Å²) in [6, 6.07) is 8.17. The molecule has 7 nitrogen and oxygen atoms in total. The van der Waals surface area contributed by atoms with Gasteiger partial charge in [-0.2, -0.15) is 13.2 Å². The van der Waals surface area contributed by atoms with E-state index in [-0.39, 0.29) is 11.6 Å². The second-order valence-electron chi connectivity index (χ2n) is 7.13. The van der Waals surface area contributed by atoms with Crippen LogP contribution in [0, 0.1) is 12.7 Å². The molecule has 0 aliphatic carbocycles. The zero-order valence-electron chi connectivity index (χ0n) is 17.6. The van der Waals surface area contributed by atoms with Crippen molar-refractivity contribution < 1.29 is 22.4 Å². The molecule has 0 aliphatic rings. The number of amides is 1. The van der Waals surface area contributed by atoms with Gasteiger partial charge in [-0.3, -0.25) is 14.7 Å². The van der Waals surface area contributed by atoms with Crippen molar-refractivity contribution in [3.63, 3.8) is 0 Å². The average Bonchev–Trinajstić information content (AvgIpc) is 2.82. The predicted molar refractivity (Wildman–Crippen MR) is 116 cm³/mol. The smallest absolute Gasteiger partial charge is 0.322 e. The summed E-state index contributed by atoms with van der Waals surface area (Å²) < 4.78 is 52.8. The van der Waals surface area contributed by atoms with Crippen LogP contribution in [0.1, 0.15) is 21.5 Å². The minimum absolute atomic E-state index is 0.258. The molecule has 0 aliphatic heterocycles. The summed E-state index contributed by atoms with van der Waals surface area (Å²) in [6.07, 6.45) is 2.82. The molecule has 0 fully saturated rings. The largest absolute Gasteiger partial charge is 0.416 e. The third-order valence-electron chi connectivity index (χ3n) is 4.73. The van der Waals surface area contributed by atoms with Gasteiger partial charge in [0.25, 0.3) is 5.91 Å². The van der Waals surface area contributed by atoms with E-state index in [2.05, 4.69) is 25.3 Å². The van der Waals surface area contributed by atoms with E-state index in [1.54, 1.807) is 41.6 Å². The number of rotatable bonds is 5. The molecule has 1 amide bonds. The molecule has 11 heteroatoms. The highest BCUT2D eigenvalue weighted by Crippen LogP contribution is 2.35. The molecule has 34 heavy (non-hydrogen) atoms. The SMILES string of the molecule is Cc1ccc(NC(=O)c2cc(F)cc(C(F)(F)F)c2)cc1N(c1cnccn1)c1ncccn1. The summed E-state index contributed by atoms with van der Waals surface area (Å²) in [5.74, 6) is -1.38. The summed E-state index contributed by atoms with van der Waals surface area (Å²) in [4.78, 5) is 31.2. The van der Waals surface area contributed by atoms with Crippen LogP contribution in [0.4, 0.5) is 40.7 Å². The first kappa shape index (κ1) is 22.8. The first-order chi connectivity index (χ1) is 16.2. The summed E-state index contributed by atoms with van der Waals surface area (Å²) >= 11 is 0. The van der Waals surface area contributed by atoms with Crippen molar-refractivity contribution in [3.8, 4) is 0 Å². The van der Waals surface area contributed by atoms with Crippen LogP contribution in [0.25, 0.3) is 0 Å². The van der Waals surface area contributed by atoms with Crippen molar-refractivity contribution in [1.29, 1.82) is 0 Å². The van der Waals surface area contributed by atoms with Crippen molar-refractivity contribution >= 4 is 29.0 Å². The first-order valence-electron chi connectivity index (χ1n) is 9.85. The Morgan fingerprint density at radius 2 is 1.74 bits per heavy atom. The van der Waals surface area contributed by atoms with Crippen LogP contribution in [0.5, 0.6) is 0 Å². The Morgan fingerprint density at radius 1 is 0.971 bits per heavy atom. The number of nitrogens with one attached hydrogen (secondary N) is 1. The Morgan fingerprint density at radius 3 is 2.41 bits per heavy atom. The van der Waals surface area contributed by atoms with Gasteiger partial charge in [0.05, 0.1) is 17.4 Å². The summed E-state index contributed by atoms with van der Waals surface area (Å²) in [5, 5.41) is 2.51. The quantitative estimate of drug-likeness (QED) is 0.392. The third kappa shape index (κ3) is 4.98. The van der Waals surface area contributed by atoms with E-state index in [1.807, 2.05) is 6.92 Å². The number of benzene rings is 2. The van der Waals surface area contributed by atoms with E-state index in [0.29, 0.717) is 23.6 Å². The Hall–Kier alpha value is -4.41. The Balaban J connectivity index is 1.71. The van der Waals surface area contributed by atoms with Crippen LogP contribution < -0.4 is 10.2 Å². The van der Waals surface area contributed by atoms with E-state index in [9.17, 15) is 22.4 Å². The van der Waals surface area contributed by atoms with Crippen LogP contribution in [0.2, 0.25) is 0 Å². The molecule has 0 bridgehead atoms. The maximum Gasteiger partial charge on any atom is 0.416 e. The lowest BCUT2D eigenvalue weighted by molar-refractivity contribution is -0.137. The fourth-order valence-electron chi connectivity index (χ4n) is 3.16. The number of hydrogen-bond acceptors (Lipinski definition) is 6. The lowest BCUT2D eigenvalue weighted by Gasteiger charge is -2.23. The molecule has 0 radical (unpaired) electrons. The van der Waals surface area contributed by atoms with Gasteiger partial charge in [0.2, 0.25) is 5.95 Å². The van der Waals surface area contributed by atoms with Gasteiger partial charge < -0.3 is 5.32 Å². The Labute approximate surface area is 191 Å². The highest BCUT2D eigenvalue weighted by Gasteiger charge is 2.32. The van der Waals surface area contributed by atoms with Crippen LogP contribution in [0.3, 0.4) is 0 Å². The van der Waals surface area contributed by atoms with E-state index in [4.69, 9.17) is 0 Å². The zero-order valence-corrected chi connectivity index (χ0v) is 17.6.